The van der Waals surface area contributed by atoms with Gasteiger partial charge in [-0.05, 0) is 55.5 Å². The number of pyridine rings is 1. The fraction of sp³-hybridized carbons (Fsp3) is 0.143. The van der Waals surface area contributed by atoms with Crippen molar-refractivity contribution in [1.82, 2.24) is 19.5 Å². The Labute approximate surface area is 212 Å². The van der Waals surface area contributed by atoms with Crippen molar-refractivity contribution in [3.63, 3.8) is 0 Å². The quantitative estimate of drug-likeness (QED) is 0.271. The summed E-state index contributed by atoms with van der Waals surface area (Å²) in [5.74, 6) is 1.52. The molecule has 0 saturated carbocycles. The van der Waals surface area contributed by atoms with Crippen molar-refractivity contribution in [2.75, 3.05) is 13.2 Å². The number of fused-ring (bicyclic) bond motifs is 1. The average Bonchev–Trinajstić information content (AvgIpc) is 3.30. The summed E-state index contributed by atoms with van der Waals surface area (Å²) >= 11 is 0. The molecular formula is C28H24N4O5. The summed E-state index contributed by atoms with van der Waals surface area (Å²) in [6.07, 6.45) is 6.28. The van der Waals surface area contributed by atoms with Crippen LogP contribution >= 0.6 is 0 Å². The Bertz CT molecular complexity index is 1520. The van der Waals surface area contributed by atoms with E-state index in [1.807, 2.05) is 37.3 Å². The molecule has 9 heteroatoms. The molecular weight excluding hydrogens is 472 g/mol. The first-order valence-electron chi connectivity index (χ1n) is 11.7. The number of carboxylic acids is 1. The number of hydrogen-bond acceptors (Lipinski definition) is 7. The molecule has 0 aliphatic carbocycles. The third-order valence-electron chi connectivity index (χ3n) is 5.65. The van der Waals surface area contributed by atoms with Crippen molar-refractivity contribution < 1.29 is 24.1 Å². The van der Waals surface area contributed by atoms with Gasteiger partial charge in [0.2, 0.25) is 0 Å². The second kappa shape index (κ2) is 10.8. The molecule has 1 N–H and O–H groups in total. The predicted molar refractivity (Wildman–Crippen MR) is 137 cm³/mol. The van der Waals surface area contributed by atoms with Crippen molar-refractivity contribution in [3.8, 4) is 34.3 Å². The number of aromatic nitrogens is 4. The lowest BCUT2D eigenvalue weighted by Crippen LogP contribution is -2.13. The van der Waals surface area contributed by atoms with E-state index in [-0.39, 0.29) is 12.3 Å². The highest BCUT2D eigenvalue weighted by Gasteiger charge is 2.18. The summed E-state index contributed by atoms with van der Waals surface area (Å²) in [6.45, 7) is 3.09. The molecule has 186 valence electrons. The number of aromatic carboxylic acids is 1. The first-order chi connectivity index (χ1) is 18.1. The van der Waals surface area contributed by atoms with E-state index < -0.39 is 5.97 Å². The van der Waals surface area contributed by atoms with Crippen LogP contribution in [0.4, 0.5) is 0 Å². The number of nitrogens with zero attached hydrogens (tertiary/aromatic N) is 4. The fourth-order valence-electron chi connectivity index (χ4n) is 4.07. The summed E-state index contributed by atoms with van der Waals surface area (Å²) in [7, 11) is 0. The molecule has 0 aliphatic heterocycles. The van der Waals surface area contributed by atoms with E-state index in [2.05, 4.69) is 15.0 Å². The molecule has 0 atom stereocenters. The second-order valence-electron chi connectivity index (χ2n) is 8.04. The lowest BCUT2D eigenvalue weighted by molar-refractivity contribution is 0.0684. The van der Waals surface area contributed by atoms with Gasteiger partial charge in [-0.25, -0.2) is 14.8 Å². The van der Waals surface area contributed by atoms with Crippen molar-refractivity contribution in [2.24, 2.45) is 0 Å². The minimum Gasteiger partial charge on any atom is -0.494 e. The number of carbonyl (C=O) groups is 1. The number of carboxylic acid groups (broad SMARTS) is 1. The van der Waals surface area contributed by atoms with Crippen LogP contribution in [0.2, 0.25) is 0 Å². The van der Waals surface area contributed by atoms with Crippen LogP contribution in [0.15, 0.2) is 85.6 Å². The molecule has 0 bridgehead atoms. The Kier molecular flexibility index (Phi) is 6.93. The van der Waals surface area contributed by atoms with Crippen LogP contribution < -0.4 is 14.2 Å². The van der Waals surface area contributed by atoms with Gasteiger partial charge in [-0.1, -0.05) is 12.1 Å². The Morgan fingerprint density at radius 1 is 0.919 bits per heavy atom. The highest BCUT2D eigenvalue weighted by atomic mass is 16.5. The van der Waals surface area contributed by atoms with Gasteiger partial charge in [-0.3, -0.25) is 4.98 Å². The van der Waals surface area contributed by atoms with Gasteiger partial charge in [0.05, 0.1) is 36.8 Å². The Morgan fingerprint density at radius 2 is 1.70 bits per heavy atom. The van der Waals surface area contributed by atoms with Crippen molar-refractivity contribution in [2.45, 2.75) is 13.5 Å². The molecule has 37 heavy (non-hydrogen) atoms. The SMILES string of the molecule is CCOc1cccc(-c2nccc3c2cc(C(=O)O)n3CCOc2ccc(Oc3cncnc3)cc2)c1. The first-order valence-corrected chi connectivity index (χ1v) is 11.7. The van der Waals surface area contributed by atoms with Gasteiger partial charge in [0.25, 0.3) is 0 Å². The molecule has 0 saturated heterocycles. The van der Waals surface area contributed by atoms with Crippen molar-refractivity contribution >= 4 is 16.9 Å². The molecule has 0 fully saturated rings. The van der Waals surface area contributed by atoms with Gasteiger partial charge >= 0.3 is 5.97 Å². The number of hydrogen-bond donors (Lipinski definition) is 1. The van der Waals surface area contributed by atoms with E-state index >= 15 is 0 Å². The Balaban J connectivity index is 1.34. The van der Waals surface area contributed by atoms with Crippen LogP contribution in [0.1, 0.15) is 17.4 Å². The van der Waals surface area contributed by atoms with E-state index in [9.17, 15) is 9.90 Å². The van der Waals surface area contributed by atoms with E-state index in [4.69, 9.17) is 14.2 Å². The molecule has 3 heterocycles. The van der Waals surface area contributed by atoms with E-state index in [0.29, 0.717) is 36.1 Å². The summed E-state index contributed by atoms with van der Waals surface area (Å²) in [5, 5.41) is 10.6. The first kappa shape index (κ1) is 23.8. The molecule has 5 rings (SSSR count). The molecule has 0 spiro atoms. The molecule has 9 nitrogen and oxygen atoms in total. The Morgan fingerprint density at radius 3 is 2.46 bits per heavy atom. The van der Waals surface area contributed by atoms with Crippen molar-refractivity contribution in [1.29, 1.82) is 0 Å². The summed E-state index contributed by atoms with van der Waals surface area (Å²) in [5.41, 5.74) is 2.48. The van der Waals surface area contributed by atoms with Crippen LogP contribution in [0.5, 0.6) is 23.0 Å². The minimum absolute atomic E-state index is 0.169. The maximum absolute atomic E-state index is 12.1. The van der Waals surface area contributed by atoms with Crippen LogP contribution in [-0.4, -0.2) is 43.8 Å². The van der Waals surface area contributed by atoms with E-state index in [1.54, 1.807) is 53.5 Å². The zero-order chi connectivity index (χ0) is 25.6. The smallest absolute Gasteiger partial charge is 0.352 e. The normalized spacial score (nSPS) is 10.8. The van der Waals surface area contributed by atoms with Gasteiger partial charge < -0.3 is 23.9 Å². The highest BCUT2D eigenvalue weighted by Crippen LogP contribution is 2.31. The third-order valence-corrected chi connectivity index (χ3v) is 5.65. The molecule has 2 aromatic carbocycles. The zero-order valence-electron chi connectivity index (χ0n) is 20.1. The molecule has 0 amide bonds. The monoisotopic (exact) mass is 496 g/mol. The summed E-state index contributed by atoms with van der Waals surface area (Å²) in [6, 6.07) is 18.2. The van der Waals surface area contributed by atoms with Crippen LogP contribution in [0, 0.1) is 0 Å². The zero-order valence-corrected chi connectivity index (χ0v) is 20.1. The van der Waals surface area contributed by atoms with Gasteiger partial charge in [-0.15, -0.1) is 0 Å². The number of rotatable bonds is 10. The van der Waals surface area contributed by atoms with Crippen LogP contribution in [0.25, 0.3) is 22.2 Å². The van der Waals surface area contributed by atoms with Crippen LogP contribution in [0.3, 0.4) is 0 Å². The van der Waals surface area contributed by atoms with Crippen molar-refractivity contribution in [3.05, 3.63) is 91.3 Å². The van der Waals surface area contributed by atoms with Crippen LogP contribution in [-0.2, 0) is 6.54 Å². The average molecular weight is 497 g/mol. The predicted octanol–water partition coefficient (Wildman–Crippen LogP) is 5.46. The molecule has 5 aromatic rings. The lowest BCUT2D eigenvalue weighted by atomic mass is 10.1. The number of ether oxygens (including phenoxy) is 3. The highest BCUT2D eigenvalue weighted by molar-refractivity contribution is 6.00. The third kappa shape index (κ3) is 5.35. The molecule has 3 aromatic heterocycles. The standard InChI is InChI=1S/C28H24N4O5/c1-2-35-22-5-3-4-19(14-22)27-24-15-26(28(33)34)32(25(24)10-11-31-27)12-13-36-20-6-8-21(9-7-20)37-23-16-29-18-30-17-23/h3-11,14-18H,2,12-13H2,1H3,(H,33,34). The van der Waals surface area contributed by atoms with E-state index in [1.165, 1.54) is 6.33 Å². The van der Waals surface area contributed by atoms with E-state index in [0.717, 1.165) is 22.2 Å². The van der Waals surface area contributed by atoms with Gasteiger partial charge in [0.15, 0.2) is 5.75 Å². The second-order valence-corrected chi connectivity index (χ2v) is 8.04. The van der Waals surface area contributed by atoms with Gasteiger partial charge in [-0.2, -0.15) is 0 Å². The largest absolute Gasteiger partial charge is 0.494 e. The molecule has 0 radical (unpaired) electrons. The lowest BCUT2D eigenvalue weighted by Gasteiger charge is -2.11. The minimum atomic E-state index is -1.02. The molecule has 0 aliphatic rings. The summed E-state index contributed by atoms with van der Waals surface area (Å²) < 4.78 is 19.0. The Hall–Kier alpha value is -4.92. The maximum Gasteiger partial charge on any atom is 0.352 e. The fourth-order valence-corrected chi connectivity index (χ4v) is 4.07. The summed E-state index contributed by atoms with van der Waals surface area (Å²) in [4.78, 5) is 24.5. The van der Waals surface area contributed by atoms with Gasteiger partial charge in [0, 0.05) is 17.1 Å². The maximum atomic E-state index is 12.1. The van der Waals surface area contributed by atoms with Gasteiger partial charge in [0.1, 0.15) is 35.9 Å². The number of benzene rings is 2. The molecule has 0 unspecified atom stereocenters. The topological polar surface area (TPSA) is 109 Å².